The molecule has 0 radical (unpaired) electrons. The standard InChI is InChI=1S/C15H21NO3/c1-11(9-17)16-15(18)10-19-14-7-6-12-4-2-3-5-13(12)8-14/h6-8,11,17H,2-5,9-10H2,1H3,(H,16,18). The molecule has 4 nitrogen and oxygen atoms in total. The van der Waals surface area contributed by atoms with Gasteiger partial charge in [-0.15, -0.1) is 0 Å². The topological polar surface area (TPSA) is 58.6 Å². The molecule has 2 N–H and O–H groups in total. The van der Waals surface area contributed by atoms with Crippen molar-refractivity contribution < 1.29 is 14.6 Å². The van der Waals surface area contributed by atoms with Gasteiger partial charge in [0.05, 0.1) is 6.61 Å². The number of aryl methyl sites for hydroxylation is 2. The maximum absolute atomic E-state index is 11.5. The highest BCUT2D eigenvalue weighted by molar-refractivity contribution is 5.77. The van der Waals surface area contributed by atoms with Crippen molar-refractivity contribution >= 4 is 5.91 Å². The predicted octanol–water partition coefficient (Wildman–Crippen LogP) is 1.44. The lowest BCUT2D eigenvalue weighted by Crippen LogP contribution is -2.38. The Morgan fingerprint density at radius 3 is 2.84 bits per heavy atom. The molecule has 19 heavy (non-hydrogen) atoms. The summed E-state index contributed by atoms with van der Waals surface area (Å²) in [7, 11) is 0. The van der Waals surface area contributed by atoms with Crippen molar-refractivity contribution in [1.82, 2.24) is 5.32 Å². The van der Waals surface area contributed by atoms with E-state index < -0.39 is 0 Å². The van der Waals surface area contributed by atoms with Crippen molar-refractivity contribution in [1.29, 1.82) is 0 Å². The second kappa shape index (κ2) is 6.57. The summed E-state index contributed by atoms with van der Waals surface area (Å²) in [4.78, 5) is 11.5. The van der Waals surface area contributed by atoms with Crippen LogP contribution in [0.5, 0.6) is 5.75 Å². The van der Waals surface area contributed by atoms with Gasteiger partial charge in [0.15, 0.2) is 6.61 Å². The second-order valence-electron chi connectivity index (χ2n) is 5.08. The molecule has 1 amide bonds. The lowest BCUT2D eigenvalue weighted by Gasteiger charge is -2.17. The van der Waals surface area contributed by atoms with Gasteiger partial charge in [0.1, 0.15) is 5.75 Å². The number of benzene rings is 1. The molecule has 1 unspecified atom stereocenters. The molecule has 0 bridgehead atoms. The summed E-state index contributed by atoms with van der Waals surface area (Å²) in [5.74, 6) is 0.534. The number of fused-ring (bicyclic) bond motifs is 1. The number of amides is 1. The fraction of sp³-hybridized carbons (Fsp3) is 0.533. The zero-order valence-corrected chi connectivity index (χ0v) is 11.3. The van der Waals surface area contributed by atoms with E-state index in [4.69, 9.17) is 9.84 Å². The first kappa shape index (κ1) is 13.9. The Hall–Kier alpha value is -1.55. The lowest BCUT2D eigenvalue weighted by atomic mass is 9.92. The van der Waals surface area contributed by atoms with E-state index in [-0.39, 0.29) is 25.2 Å². The summed E-state index contributed by atoms with van der Waals surface area (Å²) < 4.78 is 5.49. The van der Waals surface area contributed by atoms with Gasteiger partial charge in [-0.05, 0) is 55.9 Å². The number of nitrogens with one attached hydrogen (secondary N) is 1. The summed E-state index contributed by atoms with van der Waals surface area (Å²) >= 11 is 0. The van der Waals surface area contributed by atoms with Gasteiger partial charge in [0.2, 0.25) is 0 Å². The third kappa shape index (κ3) is 3.96. The van der Waals surface area contributed by atoms with E-state index in [0.29, 0.717) is 0 Å². The average molecular weight is 263 g/mol. The third-order valence-electron chi connectivity index (χ3n) is 3.37. The summed E-state index contributed by atoms with van der Waals surface area (Å²) in [5.41, 5.74) is 2.74. The van der Waals surface area contributed by atoms with E-state index in [1.165, 1.54) is 24.0 Å². The van der Waals surface area contributed by atoms with Gasteiger partial charge in [-0.1, -0.05) is 6.07 Å². The minimum absolute atomic E-state index is 0.0108. The Balaban J connectivity index is 1.87. The molecule has 1 aromatic rings. The Labute approximate surface area is 113 Å². The van der Waals surface area contributed by atoms with Gasteiger partial charge in [-0.25, -0.2) is 0 Å². The summed E-state index contributed by atoms with van der Waals surface area (Å²) in [6.45, 7) is 1.67. The number of aliphatic hydroxyl groups excluding tert-OH is 1. The number of aliphatic hydroxyl groups is 1. The highest BCUT2D eigenvalue weighted by Crippen LogP contribution is 2.25. The number of carbonyl (C=O) groups is 1. The number of rotatable bonds is 5. The van der Waals surface area contributed by atoms with Gasteiger partial charge >= 0.3 is 0 Å². The van der Waals surface area contributed by atoms with Gasteiger partial charge in [-0.3, -0.25) is 4.79 Å². The van der Waals surface area contributed by atoms with Crippen molar-refractivity contribution in [3.8, 4) is 5.75 Å². The van der Waals surface area contributed by atoms with Crippen LogP contribution >= 0.6 is 0 Å². The molecule has 2 rings (SSSR count). The molecule has 0 saturated heterocycles. The van der Waals surface area contributed by atoms with Crippen LogP contribution < -0.4 is 10.1 Å². The van der Waals surface area contributed by atoms with Crippen molar-refractivity contribution in [3.05, 3.63) is 29.3 Å². The van der Waals surface area contributed by atoms with E-state index in [9.17, 15) is 4.79 Å². The fourth-order valence-electron chi connectivity index (χ4n) is 2.31. The van der Waals surface area contributed by atoms with Gasteiger partial charge in [-0.2, -0.15) is 0 Å². The van der Waals surface area contributed by atoms with Crippen molar-refractivity contribution in [2.45, 2.75) is 38.6 Å². The number of hydrogen-bond acceptors (Lipinski definition) is 3. The van der Waals surface area contributed by atoms with Crippen molar-refractivity contribution in [2.24, 2.45) is 0 Å². The molecule has 1 aromatic carbocycles. The molecule has 1 aliphatic carbocycles. The van der Waals surface area contributed by atoms with Crippen LogP contribution in [0.15, 0.2) is 18.2 Å². The quantitative estimate of drug-likeness (QED) is 0.845. The monoisotopic (exact) mass is 263 g/mol. The van der Waals surface area contributed by atoms with E-state index in [1.54, 1.807) is 6.92 Å². The summed E-state index contributed by atoms with van der Waals surface area (Å²) in [6, 6.07) is 5.82. The lowest BCUT2D eigenvalue weighted by molar-refractivity contribution is -0.123. The first-order valence-electron chi connectivity index (χ1n) is 6.84. The number of ether oxygens (including phenoxy) is 1. The highest BCUT2D eigenvalue weighted by atomic mass is 16.5. The zero-order valence-electron chi connectivity index (χ0n) is 11.3. The molecular formula is C15H21NO3. The molecule has 0 fully saturated rings. The zero-order chi connectivity index (χ0) is 13.7. The van der Waals surface area contributed by atoms with Crippen molar-refractivity contribution in [2.75, 3.05) is 13.2 Å². The van der Waals surface area contributed by atoms with Crippen LogP contribution in [0.4, 0.5) is 0 Å². The van der Waals surface area contributed by atoms with Gasteiger partial charge < -0.3 is 15.2 Å². The second-order valence-corrected chi connectivity index (χ2v) is 5.08. The molecule has 0 aromatic heterocycles. The van der Waals surface area contributed by atoms with E-state index in [0.717, 1.165) is 18.6 Å². The molecule has 1 aliphatic rings. The fourth-order valence-corrected chi connectivity index (χ4v) is 2.31. The molecule has 0 spiro atoms. The first-order chi connectivity index (χ1) is 9.19. The van der Waals surface area contributed by atoms with Gasteiger partial charge in [0, 0.05) is 6.04 Å². The van der Waals surface area contributed by atoms with Crippen LogP contribution in [0.1, 0.15) is 30.9 Å². The van der Waals surface area contributed by atoms with Crippen LogP contribution in [0.2, 0.25) is 0 Å². The average Bonchev–Trinajstić information content (AvgIpc) is 2.44. The summed E-state index contributed by atoms with van der Waals surface area (Å²) in [5, 5.41) is 11.5. The Morgan fingerprint density at radius 1 is 1.37 bits per heavy atom. The minimum atomic E-state index is -0.236. The van der Waals surface area contributed by atoms with Crippen LogP contribution in [0.25, 0.3) is 0 Å². The smallest absolute Gasteiger partial charge is 0.258 e. The van der Waals surface area contributed by atoms with E-state index in [1.807, 2.05) is 12.1 Å². The molecule has 1 atom stereocenters. The minimum Gasteiger partial charge on any atom is -0.484 e. The number of carbonyl (C=O) groups excluding carboxylic acids is 1. The first-order valence-corrected chi connectivity index (χ1v) is 6.84. The molecule has 0 aliphatic heterocycles. The molecule has 0 saturated carbocycles. The van der Waals surface area contributed by atoms with Crippen LogP contribution in [-0.2, 0) is 17.6 Å². The highest BCUT2D eigenvalue weighted by Gasteiger charge is 2.11. The normalized spacial score (nSPS) is 15.5. The maximum Gasteiger partial charge on any atom is 0.258 e. The predicted molar refractivity (Wildman–Crippen MR) is 73.3 cm³/mol. The molecule has 104 valence electrons. The molecule has 4 heteroatoms. The van der Waals surface area contributed by atoms with E-state index in [2.05, 4.69) is 11.4 Å². The Bertz CT molecular complexity index is 445. The molecule has 0 heterocycles. The van der Waals surface area contributed by atoms with Crippen molar-refractivity contribution in [3.63, 3.8) is 0 Å². The SMILES string of the molecule is CC(CO)NC(=O)COc1ccc2c(c1)CCCC2. The van der Waals surface area contributed by atoms with Gasteiger partial charge in [0.25, 0.3) is 5.91 Å². The van der Waals surface area contributed by atoms with E-state index >= 15 is 0 Å². The van der Waals surface area contributed by atoms with Crippen LogP contribution in [0.3, 0.4) is 0 Å². The molecular weight excluding hydrogens is 242 g/mol. The van der Waals surface area contributed by atoms with Crippen LogP contribution in [-0.4, -0.2) is 30.3 Å². The summed E-state index contributed by atoms with van der Waals surface area (Å²) in [6.07, 6.45) is 4.73. The Morgan fingerprint density at radius 2 is 2.11 bits per heavy atom. The van der Waals surface area contributed by atoms with Crippen LogP contribution in [0, 0.1) is 0 Å². The number of hydrogen-bond donors (Lipinski definition) is 2. The Kier molecular flexibility index (Phi) is 4.80. The third-order valence-corrected chi connectivity index (χ3v) is 3.37. The maximum atomic E-state index is 11.5. The largest absolute Gasteiger partial charge is 0.484 e.